The van der Waals surface area contributed by atoms with Gasteiger partial charge in [-0.1, -0.05) is 23.7 Å². The van der Waals surface area contributed by atoms with Crippen molar-refractivity contribution in [3.63, 3.8) is 0 Å². The zero-order valence-corrected chi connectivity index (χ0v) is 14.5. The Bertz CT molecular complexity index is 473. The highest BCUT2D eigenvalue weighted by Gasteiger charge is 2.12. The number of carbonyl (C=O) groups excluding carboxylic acids is 1. The molecule has 1 aromatic rings. The van der Waals surface area contributed by atoms with Crippen LogP contribution in [0.4, 0.5) is 4.79 Å². The number of hydrogen-bond acceptors (Lipinski definition) is 4. The molecule has 23 heavy (non-hydrogen) atoms. The van der Waals surface area contributed by atoms with E-state index in [1.165, 1.54) is 0 Å². The Morgan fingerprint density at radius 2 is 1.91 bits per heavy atom. The molecule has 0 aliphatic carbocycles. The van der Waals surface area contributed by atoms with Gasteiger partial charge < -0.3 is 19.9 Å². The summed E-state index contributed by atoms with van der Waals surface area (Å²) < 4.78 is 5.18. The Balaban J connectivity index is 1.49. The second kappa shape index (κ2) is 9.75. The fraction of sp³-hybridized carbons (Fsp3) is 0.588. The molecule has 1 aliphatic rings. The van der Waals surface area contributed by atoms with Crippen LogP contribution in [0.1, 0.15) is 12.0 Å². The average molecular weight is 340 g/mol. The molecule has 1 heterocycles. The van der Waals surface area contributed by atoms with E-state index in [0.717, 1.165) is 44.7 Å². The van der Waals surface area contributed by atoms with Crippen LogP contribution in [0.2, 0.25) is 5.02 Å². The van der Waals surface area contributed by atoms with Gasteiger partial charge in [0.05, 0.1) is 6.61 Å². The number of ether oxygens (including phenoxy) is 1. The predicted octanol–water partition coefficient (Wildman–Crippen LogP) is 2.25. The van der Waals surface area contributed by atoms with Crippen LogP contribution in [0, 0.1) is 0 Å². The third-order valence-corrected chi connectivity index (χ3v) is 4.31. The standard InChI is InChI=1S/C17H26ClN3O2/c1-20-10-12-21(13-11-20)9-2-8-19-17(22)23-14-7-15-3-5-16(18)6-4-15/h3-6H,2,7-14H2,1H3,(H,19,22). The van der Waals surface area contributed by atoms with Gasteiger partial charge in [0.15, 0.2) is 0 Å². The highest BCUT2D eigenvalue weighted by atomic mass is 35.5. The van der Waals surface area contributed by atoms with E-state index in [1.54, 1.807) is 0 Å². The van der Waals surface area contributed by atoms with Crippen molar-refractivity contribution in [2.45, 2.75) is 12.8 Å². The summed E-state index contributed by atoms with van der Waals surface area (Å²) >= 11 is 5.83. The molecule has 1 amide bonds. The van der Waals surface area contributed by atoms with Gasteiger partial charge in [0.25, 0.3) is 0 Å². The lowest BCUT2D eigenvalue weighted by Gasteiger charge is -2.32. The zero-order valence-electron chi connectivity index (χ0n) is 13.8. The van der Waals surface area contributed by atoms with Crippen LogP contribution in [-0.2, 0) is 11.2 Å². The molecule has 0 atom stereocenters. The normalized spacial score (nSPS) is 16.3. The van der Waals surface area contributed by atoms with Crippen LogP contribution in [0.5, 0.6) is 0 Å². The van der Waals surface area contributed by atoms with Crippen LogP contribution in [0.3, 0.4) is 0 Å². The fourth-order valence-electron chi connectivity index (χ4n) is 2.53. The van der Waals surface area contributed by atoms with E-state index in [0.29, 0.717) is 24.6 Å². The molecule has 0 aromatic heterocycles. The molecule has 5 nitrogen and oxygen atoms in total. The smallest absolute Gasteiger partial charge is 0.407 e. The molecule has 1 fully saturated rings. The number of benzene rings is 1. The number of amides is 1. The Hall–Kier alpha value is -1.30. The second-order valence-corrected chi connectivity index (χ2v) is 6.37. The maximum atomic E-state index is 11.6. The summed E-state index contributed by atoms with van der Waals surface area (Å²) in [7, 11) is 2.15. The van der Waals surface area contributed by atoms with Gasteiger partial charge in [0, 0.05) is 44.2 Å². The van der Waals surface area contributed by atoms with E-state index in [9.17, 15) is 4.79 Å². The van der Waals surface area contributed by atoms with Crippen molar-refractivity contribution < 1.29 is 9.53 Å². The minimum Gasteiger partial charge on any atom is -0.449 e. The van der Waals surface area contributed by atoms with Crippen molar-refractivity contribution in [1.82, 2.24) is 15.1 Å². The highest BCUT2D eigenvalue weighted by molar-refractivity contribution is 6.30. The van der Waals surface area contributed by atoms with Crippen LogP contribution in [-0.4, -0.2) is 68.8 Å². The van der Waals surface area contributed by atoms with Gasteiger partial charge in [-0.15, -0.1) is 0 Å². The van der Waals surface area contributed by atoms with Gasteiger partial charge in [0.2, 0.25) is 0 Å². The number of nitrogens with zero attached hydrogens (tertiary/aromatic N) is 2. The SMILES string of the molecule is CN1CCN(CCCNC(=O)OCCc2ccc(Cl)cc2)CC1. The van der Waals surface area contributed by atoms with Crippen LogP contribution in [0.15, 0.2) is 24.3 Å². The Morgan fingerprint density at radius 1 is 1.22 bits per heavy atom. The molecule has 6 heteroatoms. The van der Waals surface area contributed by atoms with E-state index in [1.807, 2.05) is 24.3 Å². The topological polar surface area (TPSA) is 44.8 Å². The zero-order chi connectivity index (χ0) is 16.5. The molecule has 0 saturated carbocycles. The van der Waals surface area contributed by atoms with Gasteiger partial charge >= 0.3 is 6.09 Å². The predicted molar refractivity (Wildman–Crippen MR) is 93.1 cm³/mol. The molecular formula is C17H26ClN3O2. The lowest BCUT2D eigenvalue weighted by Crippen LogP contribution is -2.45. The summed E-state index contributed by atoms with van der Waals surface area (Å²) in [4.78, 5) is 16.4. The fourth-order valence-corrected chi connectivity index (χ4v) is 2.65. The third kappa shape index (κ3) is 7.20. The van der Waals surface area contributed by atoms with Crippen LogP contribution >= 0.6 is 11.6 Å². The van der Waals surface area contributed by atoms with E-state index < -0.39 is 0 Å². The number of likely N-dealkylation sites (N-methyl/N-ethyl adjacent to an activating group) is 1. The summed E-state index contributed by atoms with van der Waals surface area (Å²) in [5, 5.41) is 3.52. The molecular weight excluding hydrogens is 314 g/mol. The van der Waals surface area contributed by atoms with Gasteiger partial charge in [-0.2, -0.15) is 0 Å². The molecule has 1 aromatic carbocycles. The molecule has 1 aliphatic heterocycles. The number of carbonyl (C=O) groups is 1. The molecule has 1 N–H and O–H groups in total. The van der Waals surface area contributed by atoms with Crippen LogP contribution < -0.4 is 5.32 Å². The van der Waals surface area contributed by atoms with E-state index >= 15 is 0 Å². The van der Waals surface area contributed by atoms with Gasteiger partial charge in [0.1, 0.15) is 0 Å². The van der Waals surface area contributed by atoms with Crippen molar-refractivity contribution in [1.29, 1.82) is 0 Å². The Morgan fingerprint density at radius 3 is 2.61 bits per heavy atom. The van der Waals surface area contributed by atoms with Gasteiger partial charge in [-0.25, -0.2) is 4.79 Å². The first kappa shape index (κ1) is 18.0. The van der Waals surface area contributed by atoms with Gasteiger partial charge in [-0.3, -0.25) is 0 Å². The quantitative estimate of drug-likeness (QED) is 0.774. The van der Waals surface area contributed by atoms with Crippen molar-refractivity contribution in [3.8, 4) is 0 Å². The maximum absolute atomic E-state index is 11.6. The summed E-state index contributed by atoms with van der Waals surface area (Å²) in [5.74, 6) is 0. The first-order chi connectivity index (χ1) is 11.1. The van der Waals surface area contributed by atoms with Crippen molar-refractivity contribution in [2.75, 3.05) is 52.9 Å². The molecule has 0 unspecified atom stereocenters. The number of piperazine rings is 1. The summed E-state index contributed by atoms with van der Waals surface area (Å²) in [6.45, 7) is 6.54. The van der Waals surface area contributed by atoms with Crippen molar-refractivity contribution in [2.24, 2.45) is 0 Å². The molecule has 1 saturated heterocycles. The maximum Gasteiger partial charge on any atom is 0.407 e. The summed E-state index contributed by atoms with van der Waals surface area (Å²) in [5.41, 5.74) is 1.11. The minimum absolute atomic E-state index is 0.336. The van der Waals surface area contributed by atoms with E-state index in [4.69, 9.17) is 16.3 Å². The third-order valence-electron chi connectivity index (χ3n) is 4.05. The molecule has 0 bridgehead atoms. The van der Waals surface area contributed by atoms with Crippen molar-refractivity contribution >= 4 is 17.7 Å². The lowest BCUT2D eigenvalue weighted by molar-refractivity contribution is 0.142. The van der Waals surface area contributed by atoms with E-state index in [2.05, 4.69) is 22.2 Å². The monoisotopic (exact) mass is 339 g/mol. The first-order valence-corrected chi connectivity index (χ1v) is 8.57. The molecule has 128 valence electrons. The Labute approximate surface area is 143 Å². The van der Waals surface area contributed by atoms with Crippen molar-refractivity contribution in [3.05, 3.63) is 34.9 Å². The largest absolute Gasteiger partial charge is 0.449 e. The molecule has 0 radical (unpaired) electrons. The number of nitrogens with one attached hydrogen (secondary N) is 1. The summed E-state index contributed by atoms with van der Waals surface area (Å²) in [6, 6.07) is 7.57. The highest BCUT2D eigenvalue weighted by Crippen LogP contribution is 2.09. The second-order valence-electron chi connectivity index (χ2n) is 5.94. The average Bonchev–Trinajstić information content (AvgIpc) is 2.55. The summed E-state index contributed by atoms with van der Waals surface area (Å²) in [6.07, 6.45) is 1.32. The number of rotatable bonds is 7. The number of halogens is 1. The molecule has 0 spiro atoms. The van der Waals surface area contributed by atoms with Crippen LogP contribution in [0.25, 0.3) is 0 Å². The number of alkyl carbamates (subject to hydrolysis) is 1. The first-order valence-electron chi connectivity index (χ1n) is 8.19. The minimum atomic E-state index is -0.336. The lowest BCUT2D eigenvalue weighted by atomic mass is 10.2. The van der Waals surface area contributed by atoms with E-state index in [-0.39, 0.29) is 6.09 Å². The van der Waals surface area contributed by atoms with Gasteiger partial charge in [-0.05, 0) is 37.7 Å². The Kier molecular flexibility index (Phi) is 7.65. The number of hydrogen-bond donors (Lipinski definition) is 1. The molecule has 2 rings (SSSR count).